The second-order valence-electron chi connectivity index (χ2n) is 13.1. The van der Waals surface area contributed by atoms with E-state index < -0.39 is 17.8 Å². The monoisotopic (exact) mass is 729 g/mol. The van der Waals surface area contributed by atoms with E-state index in [1.807, 2.05) is 37.3 Å². The maximum Gasteiger partial charge on any atom is 0.338 e. The van der Waals surface area contributed by atoms with Gasteiger partial charge in [-0.25, -0.2) is 4.79 Å². The number of ether oxygens (including phenoxy) is 2. The Balaban J connectivity index is 1.11. The highest BCUT2D eigenvalue weighted by Crippen LogP contribution is 2.69. The van der Waals surface area contributed by atoms with Crippen molar-refractivity contribution in [2.75, 3.05) is 23.4 Å². The van der Waals surface area contributed by atoms with E-state index in [2.05, 4.69) is 10.3 Å². The van der Waals surface area contributed by atoms with Gasteiger partial charge in [0, 0.05) is 32.3 Å². The predicted octanol–water partition coefficient (Wildman–Crippen LogP) is 6.27. The maximum atomic E-state index is 14.2. The fourth-order valence-corrected chi connectivity index (χ4v) is 11.5. The summed E-state index contributed by atoms with van der Waals surface area (Å²) in [6.45, 7) is 3.69. The molecule has 256 valence electrons. The SMILES string of the molecule is CCOC(=O)c1ccc(N2C(=O)C3C(C2=O)[C@@H]2C[C@H]3C3Sc4[nH]c(=O)sc4[C@H](c4cc(Cl)ccc4OCC(=O)Nc4ccc(C)cc4)C32)cc1. The normalized spacial score (nSPS) is 26.0. The van der Waals surface area contributed by atoms with E-state index in [0.29, 0.717) is 34.1 Å². The number of imide groups is 1. The molecule has 7 atom stereocenters. The number of fused-ring (bicyclic) bond motifs is 9. The number of thiazole rings is 1. The summed E-state index contributed by atoms with van der Waals surface area (Å²) in [7, 11) is 0. The summed E-state index contributed by atoms with van der Waals surface area (Å²) < 4.78 is 11.3. The van der Waals surface area contributed by atoms with Crippen LogP contribution in [0.15, 0.2) is 76.6 Å². The number of aryl methyl sites for hydroxylation is 1. The molecule has 2 saturated carbocycles. The van der Waals surface area contributed by atoms with Crippen molar-refractivity contribution in [2.24, 2.45) is 29.6 Å². The third-order valence-corrected chi connectivity index (χ3v) is 13.2. The number of benzene rings is 3. The number of hydrogen-bond donors (Lipinski definition) is 2. The van der Waals surface area contributed by atoms with Gasteiger partial charge >= 0.3 is 10.8 Å². The average Bonchev–Trinajstić information content (AvgIpc) is 3.84. The Morgan fingerprint density at radius 1 is 0.980 bits per heavy atom. The molecular weight excluding hydrogens is 698 g/mol. The number of aromatic nitrogens is 1. The molecule has 8 rings (SSSR count). The highest BCUT2D eigenvalue weighted by molar-refractivity contribution is 8.00. The van der Waals surface area contributed by atoms with Crippen LogP contribution in [0.1, 0.15) is 45.6 Å². The lowest BCUT2D eigenvalue weighted by Gasteiger charge is -2.43. The van der Waals surface area contributed by atoms with Crippen molar-refractivity contribution in [1.82, 2.24) is 4.98 Å². The number of anilines is 2. The Morgan fingerprint density at radius 2 is 1.70 bits per heavy atom. The van der Waals surface area contributed by atoms with Gasteiger partial charge < -0.3 is 19.8 Å². The third kappa shape index (κ3) is 5.44. The van der Waals surface area contributed by atoms with E-state index >= 15 is 0 Å². The van der Waals surface area contributed by atoms with Crippen LogP contribution in [0.4, 0.5) is 11.4 Å². The zero-order chi connectivity index (χ0) is 34.8. The van der Waals surface area contributed by atoms with Crippen molar-refractivity contribution < 1.29 is 28.7 Å². The second kappa shape index (κ2) is 12.7. The molecule has 3 heterocycles. The smallest absolute Gasteiger partial charge is 0.338 e. The van der Waals surface area contributed by atoms with E-state index in [9.17, 15) is 24.0 Å². The van der Waals surface area contributed by atoms with E-state index in [0.717, 1.165) is 32.4 Å². The summed E-state index contributed by atoms with van der Waals surface area (Å²) in [4.78, 5) is 71.1. The number of esters is 1. The first-order valence-electron chi connectivity index (χ1n) is 16.5. The Kier molecular flexibility index (Phi) is 8.35. The maximum absolute atomic E-state index is 14.2. The molecule has 4 unspecified atom stereocenters. The molecule has 1 aromatic heterocycles. The Morgan fingerprint density at radius 3 is 2.42 bits per heavy atom. The number of hydrogen-bond acceptors (Lipinski definition) is 9. The van der Waals surface area contributed by atoms with Crippen LogP contribution >= 0.6 is 34.7 Å². The zero-order valence-electron chi connectivity index (χ0n) is 27.0. The largest absolute Gasteiger partial charge is 0.483 e. The van der Waals surface area contributed by atoms with Gasteiger partial charge in [-0.1, -0.05) is 40.6 Å². The summed E-state index contributed by atoms with van der Waals surface area (Å²) in [5, 5.41) is 4.03. The molecule has 2 aliphatic carbocycles. The summed E-state index contributed by atoms with van der Waals surface area (Å²) in [5.74, 6) is -2.52. The standard InChI is InChI=1S/C37H32ClN3O7S2/c1-3-47-36(45)18-6-11-21(12-7-18)41-34(43)29-23-15-24(30(29)35(41)44)31-28(23)27(32-33(49-31)40-37(46)50-32)22-14-19(38)8-13-25(22)48-16-26(42)39-20-9-4-17(2)5-10-20/h4-14,23-24,27-31H,3,15-16H2,1-2H3,(H,39,42)(H,40,46)/t23-,24-,27-,28?,29?,30?,31?/m1/s1. The van der Waals surface area contributed by atoms with Gasteiger partial charge in [-0.3, -0.25) is 24.1 Å². The number of H-pyrrole nitrogens is 1. The van der Waals surface area contributed by atoms with Crippen LogP contribution in [0, 0.1) is 36.5 Å². The van der Waals surface area contributed by atoms with Crippen LogP contribution in [-0.4, -0.2) is 47.1 Å². The number of nitrogens with zero attached hydrogens (tertiary/aromatic N) is 1. The van der Waals surface area contributed by atoms with Crippen LogP contribution in [0.25, 0.3) is 0 Å². The molecule has 1 saturated heterocycles. The van der Waals surface area contributed by atoms with E-state index in [4.69, 9.17) is 21.1 Å². The molecule has 13 heteroatoms. The van der Waals surface area contributed by atoms with Crippen LogP contribution in [-0.2, 0) is 19.1 Å². The first-order valence-corrected chi connectivity index (χ1v) is 18.5. The summed E-state index contributed by atoms with van der Waals surface area (Å²) in [6, 6.07) is 19.1. The summed E-state index contributed by atoms with van der Waals surface area (Å²) >= 11 is 9.31. The molecule has 2 aliphatic heterocycles. The van der Waals surface area contributed by atoms with Crippen molar-refractivity contribution >= 4 is 69.8 Å². The lowest BCUT2D eigenvalue weighted by atomic mass is 9.68. The molecule has 3 amide bonds. The average molecular weight is 730 g/mol. The first kappa shape index (κ1) is 32.8. The Hall–Kier alpha value is -4.39. The fraction of sp³-hybridized carbons (Fsp3) is 0.324. The lowest BCUT2D eigenvalue weighted by molar-refractivity contribution is -0.123. The van der Waals surface area contributed by atoms with Crippen molar-refractivity contribution in [3.05, 3.63) is 103 Å². The lowest BCUT2D eigenvalue weighted by Crippen LogP contribution is -2.42. The molecule has 3 fully saturated rings. The molecule has 50 heavy (non-hydrogen) atoms. The van der Waals surface area contributed by atoms with Crippen LogP contribution < -0.4 is 19.8 Å². The summed E-state index contributed by atoms with van der Waals surface area (Å²) in [6.07, 6.45) is 0.705. The molecule has 2 N–H and O–H groups in total. The molecule has 4 aromatic rings. The number of aromatic amines is 1. The third-order valence-electron chi connectivity index (χ3n) is 10.4. The molecule has 4 aliphatic rings. The van der Waals surface area contributed by atoms with Gasteiger partial charge in [-0.05, 0) is 92.6 Å². The number of carbonyl (C=O) groups is 4. The van der Waals surface area contributed by atoms with E-state index in [1.165, 1.54) is 4.90 Å². The molecular formula is C37H32ClN3O7S2. The predicted molar refractivity (Wildman–Crippen MR) is 190 cm³/mol. The number of amides is 3. The number of thioether (sulfide) groups is 1. The highest BCUT2D eigenvalue weighted by Gasteiger charge is 2.70. The first-order chi connectivity index (χ1) is 24.1. The van der Waals surface area contributed by atoms with Gasteiger partial charge in [-0.2, -0.15) is 0 Å². The van der Waals surface area contributed by atoms with Crippen LogP contribution in [0.2, 0.25) is 5.02 Å². The van der Waals surface area contributed by atoms with Gasteiger partial charge in [0.2, 0.25) is 11.8 Å². The van der Waals surface area contributed by atoms with Gasteiger partial charge in [0.15, 0.2) is 6.61 Å². The number of nitrogens with one attached hydrogen (secondary N) is 2. The van der Waals surface area contributed by atoms with E-state index in [1.54, 1.807) is 55.1 Å². The Bertz CT molecular complexity index is 2100. The van der Waals surface area contributed by atoms with Crippen LogP contribution in [0.5, 0.6) is 5.75 Å². The molecule has 3 aromatic carbocycles. The number of carbonyl (C=O) groups excluding carboxylic acids is 4. The van der Waals surface area contributed by atoms with Crippen molar-refractivity contribution in [3.8, 4) is 5.75 Å². The van der Waals surface area contributed by atoms with Crippen molar-refractivity contribution in [2.45, 2.75) is 36.5 Å². The fourth-order valence-electron chi connectivity index (χ4n) is 8.45. The quantitative estimate of drug-likeness (QED) is 0.160. The Labute approximate surface area is 300 Å². The molecule has 10 nitrogen and oxygen atoms in total. The minimum absolute atomic E-state index is 0.0523. The van der Waals surface area contributed by atoms with Crippen molar-refractivity contribution in [1.29, 1.82) is 0 Å². The molecule has 0 spiro atoms. The van der Waals surface area contributed by atoms with Gasteiger partial charge in [0.25, 0.3) is 5.91 Å². The van der Waals surface area contributed by atoms with Crippen molar-refractivity contribution in [3.63, 3.8) is 0 Å². The second-order valence-corrected chi connectivity index (χ2v) is 15.8. The van der Waals surface area contributed by atoms with E-state index in [-0.39, 0.29) is 64.7 Å². The van der Waals surface area contributed by atoms with Crippen LogP contribution in [0.3, 0.4) is 0 Å². The summed E-state index contributed by atoms with van der Waals surface area (Å²) in [5.41, 5.74) is 3.23. The molecule has 2 bridgehead atoms. The van der Waals surface area contributed by atoms with Gasteiger partial charge in [0.1, 0.15) is 5.75 Å². The minimum Gasteiger partial charge on any atom is -0.483 e. The molecule has 0 radical (unpaired) electrons. The number of halogens is 1. The van der Waals surface area contributed by atoms with Gasteiger partial charge in [0.05, 0.1) is 34.7 Å². The highest BCUT2D eigenvalue weighted by atomic mass is 35.5. The number of rotatable bonds is 8. The topological polar surface area (TPSA) is 135 Å². The van der Waals surface area contributed by atoms with Gasteiger partial charge in [-0.15, -0.1) is 11.8 Å². The zero-order valence-corrected chi connectivity index (χ0v) is 29.4. The minimum atomic E-state index is -0.525.